The Balaban J connectivity index is 1.41. The Bertz CT molecular complexity index is 361. The summed E-state index contributed by atoms with van der Waals surface area (Å²) < 4.78 is 1.96. The molecular formula is C18H32N2S4Te. The standard InChI is InChI=1S/C18H32N2S4Te/c21-17(19-13-11-15-7-3-1-4-8-15)23-25-24-18(22)20-14-12-16-9-5-2-6-10-16/h15-16H,1-14H2,(H,19,21)(H,20,22). The average Bonchev–Trinajstić information content (AvgIpc) is 2.63. The van der Waals surface area contributed by atoms with Crippen LogP contribution in [0.3, 0.4) is 0 Å². The molecule has 2 fully saturated rings. The molecule has 2 aliphatic carbocycles. The van der Waals surface area contributed by atoms with E-state index in [0.717, 1.165) is 33.6 Å². The summed E-state index contributed by atoms with van der Waals surface area (Å²) in [6, 6.07) is 0. The predicted octanol–water partition coefficient (Wildman–Crippen LogP) is 5.68. The number of rotatable bonds is 8. The summed E-state index contributed by atoms with van der Waals surface area (Å²) in [7, 11) is 3.68. The van der Waals surface area contributed by atoms with Crippen LogP contribution in [0.4, 0.5) is 0 Å². The van der Waals surface area contributed by atoms with E-state index >= 15 is 0 Å². The molecule has 0 amide bonds. The molecule has 25 heavy (non-hydrogen) atoms. The van der Waals surface area contributed by atoms with Gasteiger partial charge in [-0.3, -0.25) is 0 Å². The first kappa shape index (κ1) is 22.6. The molecule has 2 aliphatic rings. The van der Waals surface area contributed by atoms with Crippen molar-refractivity contribution in [3.05, 3.63) is 0 Å². The number of nitrogens with one attached hydrogen (secondary N) is 2. The first-order valence-corrected chi connectivity index (χ1v) is 17.8. The Morgan fingerprint density at radius 1 is 0.720 bits per heavy atom. The molecule has 7 heteroatoms. The van der Waals surface area contributed by atoms with Crippen molar-refractivity contribution in [2.45, 2.75) is 77.0 Å². The molecule has 0 aromatic carbocycles. The van der Waals surface area contributed by atoms with Gasteiger partial charge in [-0.1, -0.05) is 0 Å². The molecule has 2 saturated carbocycles. The third-order valence-corrected chi connectivity index (χ3v) is 15.6. The van der Waals surface area contributed by atoms with E-state index in [1.165, 1.54) is 77.0 Å². The number of hydrogen-bond donors (Lipinski definition) is 2. The van der Waals surface area contributed by atoms with Crippen LogP contribution in [0.15, 0.2) is 0 Å². The van der Waals surface area contributed by atoms with E-state index in [-0.39, 0.29) is 18.2 Å². The van der Waals surface area contributed by atoms with Crippen molar-refractivity contribution in [3.63, 3.8) is 0 Å². The maximum absolute atomic E-state index is 5.45. The zero-order valence-electron chi connectivity index (χ0n) is 15.1. The molecule has 0 saturated heterocycles. The van der Waals surface area contributed by atoms with Crippen molar-refractivity contribution < 1.29 is 0 Å². The Morgan fingerprint density at radius 2 is 1.12 bits per heavy atom. The van der Waals surface area contributed by atoms with Crippen molar-refractivity contribution in [3.8, 4) is 0 Å². The second-order valence-electron chi connectivity index (χ2n) is 7.25. The summed E-state index contributed by atoms with van der Waals surface area (Å²) >= 11 is 10.6. The van der Waals surface area contributed by atoms with Gasteiger partial charge < -0.3 is 0 Å². The molecule has 0 radical (unpaired) electrons. The molecular weight excluding hydrogens is 500 g/mol. The third kappa shape index (κ3) is 11.0. The Labute approximate surface area is 180 Å². The number of thiocarbonyl (C=S) groups is 2. The molecule has 0 aliphatic heterocycles. The molecule has 144 valence electrons. The molecule has 0 bridgehead atoms. The van der Waals surface area contributed by atoms with Crippen molar-refractivity contribution in [1.29, 1.82) is 0 Å². The van der Waals surface area contributed by atoms with Gasteiger partial charge in [0.1, 0.15) is 0 Å². The van der Waals surface area contributed by atoms with Crippen molar-refractivity contribution in [1.82, 2.24) is 10.6 Å². The average molecular weight is 532 g/mol. The zero-order chi connectivity index (χ0) is 17.7. The Hall–Kier alpha value is 1.27. The van der Waals surface area contributed by atoms with Crippen LogP contribution >= 0.6 is 42.4 Å². The van der Waals surface area contributed by atoms with Gasteiger partial charge in [-0.05, 0) is 0 Å². The Morgan fingerprint density at radius 3 is 1.52 bits per heavy atom. The topological polar surface area (TPSA) is 24.1 Å². The van der Waals surface area contributed by atoms with Gasteiger partial charge in [0.15, 0.2) is 0 Å². The number of hydrogen-bond acceptors (Lipinski definition) is 4. The van der Waals surface area contributed by atoms with Gasteiger partial charge in [-0.25, -0.2) is 0 Å². The monoisotopic (exact) mass is 534 g/mol. The van der Waals surface area contributed by atoms with E-state index < -0.39 is 0 Å². The summed E-state index contributed by atoms with van der Waals surface area (Å²) in [5.74, 6) is 1.86. The van der Waals surface area contributed by atoms with E-state index in [1.807, 2.05) is 18.0 Å². The van der Waals surface area contributed by atoms with E-state index in [4.69, 9.17) is 24.4 Å². The molecule has 0 unspecified atom stereocenters. The first-order valence-electron chi connectivity index (χ1n) is 9.81. The molecule has 2 rings (SSSR count). The first-order chi connectivity index (χ1) is 12.2. The van der Waals surface area contributed by atoms with Crippen LogP contribution in [-0.2, 0) is 0 Å². The fourth-order valence-electron chi connectivity index (χ4n) is 3.85. The van der Waals surface area contributed by atoms with Gasteiger partial charge in [0, 0.05) is 0 Å². The SMILES string of the molecule is S=C(NCCC1CCCCC1)S[Te]SC(=S)NCCC1CCCCC1. The molecule has 0 aromatic heterocycles. The van der Waals surface area contributed by atoms with Crippen LogP contribution in [-0.4, -0.2) is 39.9 Å². The summed E-state index contributed by atoms with van der Waals surface area (Å²) in [5, 5.41) is 6.88. The van der Waals surface area contributed by atoms with Crippen molar-refractivity contribution >= 4 is 69.2 Å². The fourth-order valence-corrected chi connectivity index (χ4v) is 13.4. The normalized spacial score (nSPS) is 19.5. The van der Waals surface area contributed by atoms with Gasteiger partial charge in [0.25, 0.3) is 0 Å². The van der Waals surface area contributed by atoms with Gasteiger partial charge >= 0.3 is 182 Å². The van der Waals surface area contributed by atoms with Gasteiger partial charge in [-0.15, -0.1) is 0 Å². The van der Waals surface area contributed by atoms with Crippen LogP contribution in [0, 0.1) is 11.8 Å². The summed E-state index contributed by atoms with van der Waals surface area (Å²) in [6.07, 6.45) is 16.9. The second kappa shape index (κ2) is 14.3. The van der Waals surface area contributed by atoms with Gasteiger partial charge in [0.2, 0.25) is 0 Å². The van der Waals surface area contributed by atoms with Gasteiger partial charge in [-0.2, -0.15) is 0 Å². The minimum absolute atomic E-state index is 0.279. The third-order valence-electron chi connectivity index (χ3n) is 5.31. The van der Waals surface area contributed by atoms with Crippen molar-refractivity contribution in [2.75, 3.05) is 13.1 Å². The second-order valence-corrected chi connectivity index (χ2v) is 16.6. The quantitative estimate of drug-likeness (QED) is 0.309. The maximum atomic E-state index is 5.45. The van der Waals surface area contributed by atoms with E-state index in [0.29, 0.717) is 0 Å². The van der Waals surface area contributed by atoms with E-state index in [1.54, 1.807) is 0 Å². The molecule has 2 N–H and O–H groups in total. The van der Waals surface area contributed by atoms with Crippen LogP contribution in [0.2, 0.25) is 0 Å². The summed E-state index contributed by atoms with van der Waals surface area (Å²) in [6.45, 7) is 2.11. The molecule has 0 spiro atoms. The van der Waals surface area contributed by atoms with Crippen LogP contribution in [0.25, 0.3) is 0 Å². The minimum atomic E-state index is -0.279. The van der Waals surface area contributed by atoms with Crippen LogP contribution < -0.4 is 10.6 Å². The molecule has 0 aromatic rings. The van der Waals surface area contributed by atoms with E-state index in [9.17, 15) is 0 Å². The molecule has 2 nitrogen and oxygen atoms in total. The molecule has 0 heterocycles. The summed E-state index contributed by atoms with van der Waals surface area (Å²) in [5.41, 5.74) is 0. The predicted molar refractivity (Wildman–Crippen MR) is 125 cm³/mol. The van der Waals surface area contributed by atoms with Crippen LogP contribution in [0.5, 0.6) is 0 Å². The van der Waals surface area contributed by atoms with Crippen molar-refractivity contribution in [2.24, 2.45) is 11.8 Å². The van der Waals surface area contributed by atoms with Crippen LogP contribution in [0.1, 0.15) is 77.0 Å². The van der Waals surface area contributed by atoms with Gasteiger partial charge in [0.05, 0.1) is 0 Å². The zero-order valence-corrected chi connectivity index (χ0v) is 20.7. The Kier molecular flexibility index (Phi) is 12.9. The fraction of sp³-hybridized carbons (Fsp3) is 0.889. The summed E-state index contributed by atoms with van der Waals surface area (Å²) in [4.78, 5) is 0. The molecule has 0 atom stereocenters. The van der Waals surface area contributed by atoms with E-state index in [2.05, 4.69) is 10.6 Å².